The van der Waals surface area contributed by atoms with Gasteiger partial charge in [0.15, 0.2) is 6.39 Å². The van der Waals surface area contributed by atoms with E-state index in [-0.39, 0.29) is 5.88 Å². The summed E-state index contributed by atoms with van der Waals surface area (Å²) in [6.07, 6.45) is 1.00. The van der Waals surface area contributed by atoms with Crippen molar-refractivity contribution in [2.75, 3.05) is 5.01 Å². The van der Waals surface area contributed by atoms with Crippen LogP contribution in [0.4, 0.5) is 10.7 Å². The number of oxazole rings is 1. The zero-order chi connectivity index (χ0) is 7.56. The van der Waals surface area contributed by atoms with Gasteiger partial charge >= 0.3 is 6.09 Å². The van der Waals surface area contributed by atoms with Crippen LogP contribution in [0.3, 0.4) is 0 Å². The Balaban J connectivity index is 2.77. The Morgan fingerprint density at radius 1 is 1.90 bits per heavy atom. The van der Waals surface area contributed by atoms with Gasteiger partial charge in [0.25, 0.3) is 0 Å². The highest BCUT2D eigenvalue weighted by Crippen LogP contribution is 2.07. The van der Waals surface area contributed by atoms with Crippen LogP contribution in [0.5, 0.6) is 0 Å². The first kappa shape index (κ1) is 6.56. The van der Waals surface area contributed by atoms with E-state index in [9.17, 15) is 4.79 Å². The van der Waals surface area contributed by atoms with E-state index in [0.717, 1.165) is 6.39 Å². The van der Waals surface area contributed by atoms with Crippen LogP contribution in [0.1, 0.15) is 0 Å². The Morgan fingerprint density at radius 3 is 3.00 bits per heavy atom. The van der Waals surface area contributed by atoms with Crippen molar-refractivity contribution in [2.24, 2.45) is 5.84 Å². The number of anilines is 1. The van der Waals surface area contributed by atoms with Crippen LogP contribution in [0.25, 0.3) is 0 Å². The maximum absolute atomic E-state index is 10.1. The second-order valence-corrected chi connectivity index (χ2v) is 1.49. The quantitative estimate of drug-likeness (QED) is 0.328. The van der Waals surface area contributed by atoms with Crippen molar-refractivity contribution < 1.29 is 14.3 Å². The molecular weight excluding hydrogens is 138 g/mol. The van der Waals surface area contributed by atoms with Crippen LogP contribution in [-0.2, 0) is 0 Å². The summed E-state index contributed by atoms with van der Waals surface area (Å²) in [5, 5.41) is 8.70. The molecule has 0 fully saturated rings. The smallest absolute Gasteiger partial charge is 0.429 e. The molecule has 0 radical (unpaired) electrons. The summed E-state index contributed by atoms with van der Waals surface area (Å²) in [5.41, 5.74) is 0. The highest BCUT2D eigenvalue weighted by Gasteiger charge is 2.11. The number of hydrogen-bond donors (Lipinski definition) is 2. The predicted molar refractivity (Wildman–Crippen MR) is 31.2 cm³/mol. The monoisotopic (exact) mass is 143 g/mol. The molecule has 0 aliphatic carbocycles. The van der Waals surface area contributed by atoms with Crippen molar-refractivity contribution in [3.63, 3.8) is 0 Å². The van der Waals surface area contributed by atoms with Gasteiger partial charge in [-0.2, -0.15) is 5.01 Å². The third kappa shape index (κ3) is 1.06. The van der Waals surface area contributed by atoms with E-state index in [1.807, 2.05) is 0 Å². The molecule has 1 aromatic heterocycles. The molecule has 6 heteroatoms. The fourth-order valence-corrected chi connectivity index (χ4v) is 0.422. The lowest BCUT2D eigenvalue weighted by Gasteiger charge is -2.05. The average Bonchev–Trinajstić information content (AvgIpc) is 2.36. The molecule has 0 aliphatic rings. The Kier molecular flexibility index (Phi) is 1.55. The van der Waals surface area contributed by atoms with Crippen molar-refractivity contribution in [3.05, 3.63) is 12.6 Å². The number of carbonyl (C=O) groups is 1. The summed E-state index contributed by atoms with van der Waals surface area (Å²) in [6, 6.07) is 0. The van der Waals surface area contributed by atoms with Gasteiger partial charge in [0.05, 0.1) is 6.20 Å². The molecule has 0 saturated heterocycles. The van der Waals surface area contributed by atoms with Crippen molar-refractivity contribution in [2.45, 2.75) is 0 Å². The number of rotatable bonds is 1. The SMILES string of the molecule is NN(C(=O)O)c1cnco1. The van der Waals surface area contributed by atoms with Gasteiger partial charge in [0.2, 0.25) is 5.88 Å². The molecule has 54 valence electrons. The second kappa shape index (κ2) is 2.36. The molecule has 0 spiro atoms. The first-order valence-corrected chi connectivity index (χ1v) is 2.38. The van der Waals surface area contributed by atoms with Crippen LogP contribution in [-0.4, -0.2) is 16.2 Å². The summed E-state index contributed by atoms with van der Waals surface area (Å²) in [5.74, 6) is 4.98. The van der Waals surface area contributed by atoms with Crippen molar-refractivity contribution in [1.82, 2.24) is 4.98 Å². The minimum absolute atomic E-state index is 0.00694. The molecule has 0 aliphatic heterocycles. The van der Waals surface area contributed by atoms with E-state index in [2.05, 4.69) is 9.40 Å². The Labute approximate surface area is 55.8 Å². The minimum atomic E-state index is -1.29. The lowest BCUT2D eigenvalue weighted by Crippen LogP contribution is -2.35. The fourth-order valence-electron chi connectivity index (χ4n) is 0.422. The van der Waals surface area contributed by atoms with E-state index < -0.39 is 6.09 Å². The van der Waals surface area contributed by atoms with E-state index in [1.165, 1.54) is 6.20 Å². The lowest BCUT2D eigenvalue weighted by atomic mass is 10.7. The molecule has 1 amide bonds. The summed E-state index contributed by atoms with van der Waals surface area (Å²) in [4.78, 5) is 13.6. The van der Waals surface area contributed by atoms with Gasteiger partial charge in [-0.1, -0.05) is 0 Å². The Hall–Kier alpha value is -1.56. The summed E-state index contributed by atoms with van der Waals surface area (Å²) < 4.78 is 4.57. The Morgan fingerprint density at radius 2 is 2.60 bits per heavy atom. The van der Waals surface area contributed by atoms with E-state index in [1.54, 1.807) is 0 Å². The number of aromatic nitrogens is 1. The number of hydrazine groups is 1. The van der Waals surface area contributed by atoms with Gasteiger partial charge in [0.1, 0.15) is 0 Å². The molecule has 0 aromatic carbocycles. The first-order valence-electron chi connectivity index (χ1n) is 2.38. The molecule has 1 aromatic rings. The molecule has 3 N–H and O–H groups in total. The van der Waals surface area contributed by atoms with Crippen molar-refractivity contribution >= 4 is 12.0 Å². The van der Waals surface area contributed by atoms with Crippen LogP contribution < -0.4 is 10.9 Å². The standard InChI is InChI=1S/C4H5N3O3/c5-7(4(8)9)3-1-6-2-10-3/h1-2H,5H2,(H,8,9). The highest BCUT2D eigenvalue weighted by atomic mass is 16.4. The first-order chi connectivity index (χ1) is 4.72. The highest BCUT2D eigenvalue weighted by molar-refractivity contribution is 5.82. The van der Waals surface area contributed by atoms with Gasteiger partial charge in [-0.15, -0.1) is 0 Å². The van der Waals surface area contributed by atoms with Gasteiger partial charge in [-0.25, -0.2) is 15.6 Å². The number of hydrogen-bond acceptors (Lipinski definition) is 4. The summed E-state index contributed by atoms with van der Waals surface area (Å²) >= 11 is 0. The maximum atomic E-state index is 10.1. The van der Waals surface area contributed by atoms with Gasteiger partial charge in [-0.3, -0.25) is 0 Å². The molecule has 10 heavy (non-hydrogen) atoms. The lowest BCUT2D eigenvalue weighted by molar-refractivity contribution is 0.200. The van der Waals surface area contributed by atoms with Crippen LogP contribution in [0, 0.1) is 0 Å². The van der Waals surface area contributed by atoms with Gasteiger partial charge in [0, 0.05) is 0 Å². The molecule has 0 atom stereocenters. The third-order valence-corrected chi connectivity index (χ3v) is 0.863. The Bertz CT molecular complexity index is 220. The van der Waals surface area contributed by atoms with Crippen molar-refractivity contribution in [3.8, 4) is 0 Å². The number of carboxylic acid groups (broad SMARTS) is 1. The molecule has 0 bridgehead atoms. The molecule has 1 heterocycles. The summed E-state index contributed by atoms with van der Waals surface area (Å²) in [7, 11) is 0. The van der Waals surface area contributed by atoms with Gasteiger partial charge in [-0.05, 0) is 0 Å². The topological polar surface area (TPSA) is 92.6 Å². The van der Waals surface area contributed by atoms with E-state index >= 15 is 0 Å². The molecular formula is C4H5N3O3. The fraction of sp³-hybridized carbons (Fsp3) is 0. The van der Waals surface area contributed by atoms with Crippen LogP contribution in [0.2, 0.25) is 0 Å². The zero-order valence-electron chi connectivity index (χ0n) is 4.89. The van der Waals surface area contributed by atoms with Crippen molar-refractivity contribution in [1.29, 1.82) is 0 Å². The number of amides is 1. The minimum Gasteiger partial charge on any atom is -0.464 e. The van der Waals surface area contributed by atoms with Crippen LogP contribution in [0.15, 0.2) is 17.0 Å². The molecule has 0 unspecified atom stereocenters. The largest absolute Gasteiger partial charge is 0.464 e. The number of nitrogens with two attached hydrogens (primary N) is 1. The molecule has 1 rings (SSSR count). The molecule has 0 saturated carbocycles. The summed E-state index contributed by atoms with van der Waals surface area (Å²) in [6.45, 7) is 0. The zero-order valence-corrected chi connectivity index (χ0v) is 4.89. The number of nitrogens with zero attached hydrogens (tertiary/aromatic N) is 2. The van der Waals surface area contributed by atoms with E-state index in [0.29, 0.717) is 5.01 Å². The third-order valence-electron chi connectivity index (χ3n) is 0.863. The van der Waals surface area contributed by atoms with Gasteiger partial charge < -0.3 is 9.52 Å². The maximum Gasteiger partial charge on any atom is 0.429 e. The normalized spacial score (nSPS) is 9.30. The average molecular weight is 143 g/mol. The second-order valence-electron chi connectivity index (χ2n) is 1.49. The van der Waals surface area contributed by atoms with E-state index in [4.69, 9.17) is 10.9 Å². The molecule has 6 nitrogen and oxygen atoms in total. The predicted octanol–water partition coefficient (Wildman–Crippen LogP) is 0.0327. The van der Waals surface area contributed by atoms with Crippen LogP contribution >= 0.6 is 0 Å².